The number of aromatic amines is 1. The van der Waals surface area contributed by atoms with E-state index < -0.39 is 0 Å². The molecule has 1 aromatic carbocycles. The lowest BCUT2D eigenvalue weighted by Gasteiger charge is -2.00. The van der Waals surface area contributed by atoms with Crippen molar-refractivity contribution in [2.45, 2.75) is 12.8 Å². The Morgan fingerprint density at radius 2 is 2.15 bits per heavy atom. The van der Waals surface area contributed by atoms with E-state index in [-0.39, 0.29) is 0 Å². The molecular weight excluding hydrogens is 158 g/mol. The van der Waals surface area contributed by atoms with Gasteiger partial charge in [0.1, 0.15) is 0 Å². The fraction of sp³-hybridized carbons (Fsp3) is 0.167. The molecule has 1 heteroatoms. The van der Waals surface area contributed by atoms with Crippen molar-refractivity contribution in [2.24, 2.45) is 0 Å². The minimum Gasteiger partial charge on any atom is -0.350 e. The summed E-state index contributed by atoms with van der Waals surface area (Å²) in [7, 11) is 0. The quantitative estimate of drug-likeness (QED) is 0.573. The maximum absolute atomic E-state index is 3.33. The Bertz CT molecular complexity index is 523. The zero-order chi connectivity index (χ0) is 8.67. The molecular formula is C12H7N. The van der Waals surface area contributed by atoms with E-state index in [1.54, 1.807) is 0 Å². The predicted octanol–water partition coefficient (Wildman–Crippen LogP) is 1.87. The van der Waals surface area contributed by atoms with E-state index >= 15 is 0 Å². The van der Waals surface area contributed by atoms with E-state index in [1.807, 2.05) is 6.07 Å². The van der Waals surface area contributed by atoms with Gasteiger partial charge < -0.3 is 4.98 Å². The molecule has 0 atom stereocenters. The third-order valence-electron chi connectivity index (χ3n) is 2.42. The Labute approximate surface area is 76.8 Å². The average molecular weight is 165 g/mol. The predicted molar refractivity (Wildman–Crippen MR) is 51.2 cm³/mol. The van der Waals surface area contributed by atoms with Crippen LogP contribution >= 0.6 is 0 Å². The molecule has 0 spiro atoms. The number of hydrogen-bond donors (Lipinski definition) is 1. The highest BCUT2D eigenvalue weighted by atomic mass is 14.7. The van der Waals surface area contributed by atoms with Gasteiger partial charge in [0, 0.05) is 23.9 Å². The third kappa shape index (κ3) is 0.848. The molecule has 0 saturated carbocycles. The van der Waals surface area contributed by atoms with Crippen LogP contribution in [0.3, 0.4) is 0 Å². The van der Waals surface area contributed by atoms with Crippen LogP contribution in [0.25, 0.3) is 10.9 Å². The van der Waals surface area contributed by atoms with Crippen molar-refractivity contribution in [1.82, 2.24) is 4.98 Å². The maximum atomic E-state index is 3.33. The van der Waals surface area contributed by atoms with Gasteiger partial charge in [0.15, 0.2) is 0 Å². The second kappa shape index (κ2) is 2.31. The van der Waals surface area contributed by atoms with Gasteiger partial charge in [0.2, 0.25) is 0 Å². The molecule has 1 nitrogen and oxygen atoms in total. The third-order valence-corrected chi connectivity index (χ3v) is 2.42. The molecule has 0 radical (unpaired) electrons. The highest BCUT2D eigenvalue weighted by Crippen LogP contribution is 2.22. The molecule has 0 fully saturated rings. The van der Waals surface area contributed by atoms with Gasteiger partial charge in [-0.1, -0.05) is 17.9 Å². The van der Waals surface area contributed by atoms with E-state index in [9.17, 15) is 0 Å². The largest absolute Gasteiger partial charge is 0.350 e. The summed E-state index contributed by atoms with van der Waals surface area (Å²) >= 11 is 0. The first-order valence-corrected chi connectivity index (χ1v) is 4.32. The molecule has 1 N–H and O–H groups in total. The lowest BCUT2D eigenvalue weighted by molar-refractivity contribution is 1.11. The van der Waals surface area contributed by atoms with Gasteiger partial charge in [-0.25, -0.2) is 0 Å². The van der Waals surface area contributed by atoms with Crippen LogP contribution in [0.1, 0.15) is 11.3 Å². The Kier molecular flexibility index (Phi) is 1.18. The molecule has 0 aliphatic heterocycles. The highest BCUT2D eigenvalue weighted by Gasteiger charge is 2.10. The summed E-state index contributed by atoms with van der Waals surface area (Å²) in [5.74, 6) is 6.22. The summed E-state index contributed by atoms with van der Waals surface area (Å²) in [6.07, 6.45) is 1.71. The first-order chi connectivity index (χ1) is 6.45. The second-order valence-corrected chi connectivity index (χ2v) is 3.18. The number of hydrogen-bond acceptors (Lipinski definition) is 0. The SMILES string of the molecule is C1#CCc2c([nH]c3c#cccc23)C1. The normalized spacial score (nSPS) is 12.9. The number of aromatic nitrogens is 1. The zero-order valence-corrected chi connectivity index (χ0v) is 7.07. The molecule has 0 bridgehead atoms. The standard InChI is InChI=1S/C12H7N/c1-3-7-11-9(5-1)10-6-2-4-8-12(10)13-11/h1,5,13H,6,8H2. The van der Waals surface area contributed by atoms with Crippen molar-refractivity contribution in [1.29, 1.82) is 0 Å². The van der Waals surface area contributed by atoms with Crippen LogP contribution in [0.2, 0.25) is 0 Å². The average Bonchev–Trinajstić information content (AvgIpc) is 2.56. The molecule has 0 saturated heterocycles. The fourth-order valence-corrected chi connectivity index (χ4v) is 1.78. The molecule has 2 aromatic rings. The molecule has 1 aliphatic rings. The Morgan fingerprint density at radius 3 is 3.15 bits per heavy atom. The van der Waals surface area contributed by atoms with E-state index in [2.05, 4.69) is 35.0 Å². The Balaban J connectivity index is 2.39. The van der Waals surface area contributed by atoms with Gasteiger partial charge in [0.25, 0.3) is 0 Å². The van der Waals surface area contributed by atoms with E-state index in [0.29, 0.717) is 0 Å². The van der Waals surface area contributed by atoms with Crippen molar-refractivity contribution in [3.63, 3.8) is 0 Å². The van der Waals surface area contributed by atoms with Gasteiger partial charge in [-0.05, 0) is 23.8 Å². The summed E-state index contributed by atoms with van der Waals surface area (Å²) in [5, 5.41) is 1.25. The van der Waals surface area contributed by atoms with E-state index in [4.69, 9.17) is 0 Å². The monoisotopic (exact) mass is 165 g/mol. The summed E-state index contributed by atoms with van der Waals surface area (Å²) in [6, 6.07) is 10.00. The molecule has 13 heavy (non-hydrogen) atoms. The topological polar surface area (TPSA) is 15.8 Å². The lowest BCUT2D eigenvalue weighted by Crippen LogP contribution is -1.94. The smallest absolute Gasteiger partial charge is 0.0976 e. The van der Waals surface area contributed by atoms with Crippen LogP contribution < -0.4 is 0 Å². The van der Waals surface area contributed by atoms with Gasteiger partial charge in [-0.2, -0.15) is 0 Å². The summed E-state index contributed by atoms with van der Waals surface area (Å²) < 4.78 is 0. The number of rotatable bonds is 0. The molecule has 60 valence electrons. The van der Waals surface area contributed by atoms with Crippen LogP contribution in [0.4, 0.5) is 0 Å². The van der Waals surface area contributed by atoms with Crippen LogP contribution in [-0.2, 0) is 12.8 Å². The molecule has 1 aliphatic carbocycles. The molecule has 3 rings (SSSR count). The van der Waals surface area contributed by atoms with Crippen molar-refractivity contribution < 1.29 is 0 Å². The summed E-state index contributed by atoms with van der Waals surface area (Å²) in [4.78, 5) is 3.33. The van der Waals surface area contributed by atoms with Crippen molar-refractivity contribution in [2.75, 3.05) is 0 Å². The van der Waals surface area contributed by atoms with E-state index in [0.717, 1.165) is 18.4 Å². The molecule has 0 unspecified atom stereocenters. The van der Waals surface area contributed by atoms with Gasteiger partial charge in [0.05, 0.1) is 5.52 Å². The van der Waals surface area contributed by atoms with Gasteiger partial charge in [-0.15, -0.1) is 0 Å². The molecule has 1 heterocycles. The minimum atomic E-state index is 0.845. The van der Waals surface area contributed by atoms with Crippen LogP contribution in [0, 0.1) is 24.0 Å². The van der Waals surface area contributed by atoms with Crippen LogP contribution in [0.15, 0.2) is 12.1 Å². The summed E-state index contributed by atoms with van der Waals surface area (Å²) in [6.45, 7) is 0. The first kappa shape index (κ1) is 6.63. The number of H-pyrrole nitrogens is 1. The van der Waals surface area contributed by atoms with Crippen molar-refractivity contribution in [3.05, 3.63) is 35.5 Å². The van der Waals surface area contributed by atoms with Crippen LogP contribution in [-0.4, -0.2) is 4.98 Å². The maximum Gasteiger partial charge on any atom is 0.0976 e. The second-order valence-electron chi connectivity index (χ2n) is 3.18. The fourth-order valence-electron chi connectivity index (χ4n) is 1.78. The van der Waals surface area contributed by atoms with Crippen molar-refractivity contribution >= 4 is 10.9 Å². The van der Waals surface area contributed by atoms with Gasteiger partial charge >= 0.3 is 0 Å². The van der Waals surface area contributed by atoms with E-state index in [1.165, 1.54) is 16.6 Å². The molecule has 1 aromatic heterocycles. The first-order valence-electron chi connectivity index (χ1n) is 4.32. The van der Waals surface area contributed by atoms with Gasteiger partial charge in [-0.3, -0.25) is 0 Å². The highest BCUT2D eigenvalue weighted by molar-refractivity contribution is 5.84. The Morgan fingerprint density at radius 1 is 1.23 bits per heavy atom. The summed E-state index contributed by atoms with van der Waals surface area (Å²) in [5.41, 5.74) is 3.65. The molecule has 0 amide bonds. The van der Waals surface area contributed by atoms with Crippen LogP contribution in [0.5, 0.6) is 0 Å². The zero-order valence-electron chi connectivity index (χ0n) is 7.07. The number of fused-ring (bicyclic) bond motifs is 3. The minimum absolute atomic E-state index is 0.845. The van der Waals surface area contributed by atoms with Crippen molar-refractivity contribution in [3.8, 4) is 11.8 Å². The Hall–Kier alpha value is -1.86. The lowest BCUT2D eigenvalue weighted by atomic mass is 10.0. The number of nitrogens with one attached hydrogen (secondary N) is 1.